The molecule has 2 aromatic heterocycles. The molecule has 3 rings (SSSR count). The largest absolute Gasteiger partial charge is 0.310 e. The van der Waals surface area contributed by atoms with Crippen LogP contribution in [-0.4, -0.2) is 31.1 Å². The fraction of sp³-hybridized carbons (Fsp3) is 0.667. The Labute approximate surface area is 125 Å². The number of aromatic nitrogens is 5. The van der Waals surface area contributed by atoms with Gasteiger partial charge in [0.15, 0.2) is 0 Å². The van der Waals surface area contributed by atoms with Crippen LogP contribution in [0.3, 0.4) is 0 Å². The first kappa shape index (κ1) is 14.3. The molecule has 114 valence electrons. The van der Waals surface area contributed by atoms with Crippen LogP contribution >= 0.6 is 0 Å². The predicted molar refractivity (Wildman–Crippen MR) is 80.9 cm³/mol. The van der Waals surface area contributed by atoms with Crippen molar-refractivity contribution in [1.29, 1.82) is 0 Å². The molecule has 0 amide bonds. The van der Waals surface area contributed by atoms with Gasteiger partial charge in [0.2, 0.25) is 0 Å². The van der Waals surface area contributed by atoms with Crippen LogP contribution in [0.4, 0.5) is 0 Å². The Kier molecular flexibility index (Phi) is 4.65. The van der Waals surface area contributed by atoms with Crippen molar-refractivity contribution in [3.63, 3.8) is 0 Å². The molecule has 1 aliphatic rings. The summed E-state index contributed by atoms with van der Waals surface area (Å²) in [7, 11) is 0. The number of rotatable bonds is 6. The topological polar surface area (TPSA) is 60.6 Å². The maximum atomic E-state index is 4.74. The van der Waals surface area contributed by atoms with Crippen LogP contribution in [0.15, 0.2) is 18.6 Å². The fourth-order valence-electron chi connectivity index (χ4n) is 2.96. The minimum atomic E-state index is 0.587. The molecule has 1 N–H and O–H groups in total. The summed E-state index contributed by atoms with van der Waals surface area (Å²) >= 11 is 0. The molecular formula is C15H24N6. The molecule has 2 heterocycles. The zero-order valence-corrected chi connectivity index (χ0v) is 12.7. The lowest BCUT2D eigenvalue weighted by atomic mass is 9.96. The zero-order valence-electron chi connectivity index (χ0n) is 12.7. The lowest BCUT2D eigenvalue weighted by Gasteiger charge is -2.21. The van der Waals surface area contributed by atoms with E-state index in [0.717, 1.165) is 24.6 Å². The average molecular weight is 288 g/mol. The van der Waals surface area contributed by atoms with Crippen molar-refractivity contribution >= 4 is 0 Å². The van der Waals surface area contributed by atoms with Crippen molar-refractivity contribution in [2.45, 2.75) is 58.2 Å². The Morgan fingerprint density at radius 3 is 2.95 bits per heavy atom. The van der Waals surface area contributed by atoms with E-state index in [-0.39, 0.29) is 0 Å². The number of hydrogen-bond acceptors (Lipinski definition) is 4. The maximum Gasteiger partial charge on any atom is 0.141 e. The summed E-state index contributed by atoms with van der Waals surface area (Å²) in [5.74, 6) is 0.962. The van der Waals surface area contributed by atoms with Gasteiger partial charge in [-0.15, -0.1) is 0 Å². The highest BCUT2D eigenvalue weighted by atomic mass is 15.4. The summed E-state index contributed by atoms with van der Waals surface area (Å²) in [5.41, 5.74) is 1.06. The highest BCUT2D eigenvalue weighted by Gasteiger charge is 2.16. The molecule has 0 radical (unpaired) electrons. The van der Waals surface area contributed by atoms with Crippen molar-refractivity contribution in [2.75, 3.05) is 6.54 Å². The molecule has 0 atom stereocenters. The van der Waals surface area contributed by atoms with Gasteiger partial charge in [-0.3, -0.25) is 4.68 Å². The Bertz CT molecular complexity index is 552. The molecule has 0 aromatic carbocycles. The molecule has 21 heavy (non-hydrogen) atoms. The molecule has 0 bridgehead atoms. The quantitative estimate of drug-likeness (QED) is 0.884. The number of nitrogens with one attached hydrogen (secondary N) is 1. The SMILES string of the molecule is CCNCc1ncnn1Cc1ccn(C2CCCCC2)n1. The second-order valence-corrected chi connectivity index (χ2v) is 5.69. The molecule has 6 nitrogen and oxygen atoms in total. The van der Waals surface area contributed by atoms with Crippen molar-refractivity contribution < 1.29 is 0 Å². The third-order valence-electron chi connectivity index (χ3n) is 4.15. The van der Waals surface area contributed by atoms with E-state index in [0.29, 0.717) is 12.6 Å². The third kappa shape index (κ3) is 3.50. The van der Waals surface area contributed by atoms with Crippen molar-refractivity contribution in [1.82, 2.24) is 29.9 Å². The smallest absolute Gasteiger partial charge is 0.141 e. The van der Waals surface area contributed by atoms with E-state index in [4.69, 9.17) is 5.10 Å². The van der Waals surface area contributed by atoms with Gasteiger partial charge in [-0.05, 0) is 25.5 Å². The average Bonchev–Trinajstić information content (AvgIpc) is 3.16. The van der Waals surface area contributed by atoms with E-state index in [1.165, 1.54) is 32.1 Å². The summed E-state index contributed by atoms with van der Waals surface area (Å²) in [6.07, 6.45) is 10.3. The zero-order chi connectivity index (χ0) is 14.5. The molecule has 6 heteroatoms. The van der Waals surface area contributed by atoms with Gasteiger partial charge in [0, 0.05) is 6.20 Å². The van der Waals surface area contributed by atoms with Crippen LogP contribution in [0.25, 0.3) is 0 Å². The molecule has 1 saturated carbocycles. The lowest BCUT2D eigenvalue weighted by molar-refractivity contribution is 0.327. The maximum absolute atomic E-state index is 4.74. The van der Waals surface area contributed by atoms with E-state index in [1.807, 2.05) is 4.68 Å². The number of hydrogen-bond donors (Lipinski definition) is 1. The van der Waals surface area contributed by atoms with Crippen molar-refractivity contribution in [2.24, 2.45) is 0 Å². The fourth-order valence-corrected chi connectivity index (χ4v) is 2.96. The lowest BCUT2D eigenvalue weighted by Crippen LogP contribution is -2.18. The van der Waals surface area contributed by atoms with Crippen molar-refractivity contribution in [3.05, 3.63) is 30.1 Å². The first-order chi connectivity index (χ1) is 10.4. The van der Waals surface area contributed by atoms with Crippen LogP contribution in [0.5, 0.6) is 0 Å². The molecule has 0 spiro atoms. The standard InChI is InChI=1S/C15H24N6/c1-2-16-10-15-17-12-18-21(15)11-13-8-9-20(19-13)14-6-4-3-5-7-14/h8-9,12,14,16H,2-7,10-11H2,1H3. The first-order valence-electron chi connectivity index (χ1n) is 7.98. The highest BCUT2D eigenvalue weighted by molar-refractivity contribution is 5.02. The highest BCUT2D eigenvalue weighted by Crippen LogP contribution is 2.27. The van der Waals surface area contributed by atoms with Gasteiger partial charge in [0.25, 0.3) is 0 Å². The molecule has 1 aliphatic carbocycles. The van der Waals surface area contributed by atoms with Gasteiger partial charge in [0.05, 0.1) is 24.8 Å². The minimum Gasteiger partial charge on any atom is -0.310 e. The van der Waals surface area contributed by atoms with E-state index in [1.54, 1.807) is 6.33 Å². The summed E-state index contributed by atoms with van der Waals surface area (Å²) in [5, 5.41) is 12.3. The van der Waals surface area contributed by atoms with Gasteiger partial charge in [-0.2, -0.15) is 10.2 Å². The number of nitrogens with zero attached hydrogens (tertiary/aromatic N) is 5. The van der Waals surface area contributed by atoms with Crippen LogP contribution in [0.2, 0.25) is 0 Å². The minimum absolute atomic E-state index is 0.587. The van der Waals surface area contributed by atoms with E-state index in [2.05, 4.69) is 39.3 Å². The monoisotopic (exact) mass is 288 g/mol. The van der Waals surface area contributed by atoms with Gasteiger partial charge in [-0.25, -0.2) is 9.67 Å². The van der Waals surface area contributed by atoms with Crippen LogP contribution in [-0.2, 0) is 13.1 Å². The Balaban J connectivity index is 1.65. The first-order valence-corrected chi connectivity index (χ1v) is 7.98. The Morgan fingerprint density at radius 1 is 1.29 bits per heavy atom. The second-order valence-electron chi connectivity index (χ2n) is 5.69. The van der Waals surface area contributed by atoms with E-state index < -0.39 is 0 Å². The molecule has 0 aliphatic heterocycles. The molecular weight excluding hydrogens is 264 g/mol. The summed E-state index contributed by atoms with van der Waals surface area (Å²) in [6, 6.07) is 2.69. The normalized spacial score (nSPS) is 16.4. The Morgan fingerprint density at radius 2 is 2.14 bits per heavy atom. The van der Waals surface area contributed by atoms with Crippen LogP contribution < -0.4 is 5.32 Å². The molecule has 2 aromatic rings. The van der Waals surface area contributed by atoms with Gasteiger partial charge in [0.1, 0.15) is 12.2 Å². The van der Waals surface area contributed by atoms with Crippen molar-refractivity contribution in [3.8, 4) is 0 Å². The Hall–Kier alpha value is -1.69. The molecule has 0 unspecified atom stereocenters. The van der Waals surface area contributed by atoms with Crippen LogP contribution in [0.1, 0.15) is 56.6 Å². The van der Waals surface area contributed by atoms with E-state index >= 15 is 0 Å². The van der Waals surface area contributed by atoms with E-state index in [9.17, 15) is 0 Å². The third-order valence-corrected chi connectivity index (χ3v) is 4.15. The summed E-state index contributed by atoms with van der Waals surface area (Å²) in [4.78, 5) is 4.30. The van der Waals surface area contributed by atoms with Gasteiger partial charge < -0.3 is 5.32 Å². The van der Waals surface area contributed by atoms with Gasteiger partial charge >= 0.3 is 0 Å². The second kappa shape index (κ2) is 6.85. The van der Waals surface area contributed by atoms with Crippen LogP contribution in [0, 0.1) is 0 Å². The summed E-state index contributed by atoms with van der Waals surface area (Å²) in [6.45, 7) is 4.47. The summed E-state index contributed by atoms with van der Waals surface area (Å²) < 4.78 is 4.07. The molecule has 1 fully saturated rings. The molecule has 0 saturated heterocycles. The van der Waals surface area contributed by atoms with Gasteiger partial charge in [-0.1, -0.05) is 26.2 Å². The predicted octanol–water partition coefficient (Wildman–Crippen LogP) is 2.14.